The molecule has 1 aromatic heterocycles. The fourth-order valence-corrected chi connectivity index (χ4v) is 2.15. The van der Waals surface area contributed by atoms with Crippen molar-refractivity contribution in [1.82, 2.24) is 9.80 Å². The minimum absolute atomic E-state index is 0.0508. The van der Waals surface area contributed by atoms with Gasteiger partial charge in [-0.2, -0.15) is 0 Å². The molecular formula is C12H18N2O2. The molecule has 1 aliphatic rings. The molecule has 0 aromatic carbocycles. The Bertz CT molecular complexity index is 348. The maximum Gasteiger partial charge on any atom is 0.184 e. The molecule has 0 spiro atoms. The first-order chi connectivity index (χ1) is 7.68. The van der Waals surface area contributed by atoms with Crippen LogP contribution in [0.1, 0.15) is 16.8 Å². The lowest BCUT2D eigenvalue weighted by Gasteiger charge is -2.25. The summed E-state index contributed by atoms with van der Waals surface area (Å²) in [5.41, 5.74) is 0.673. The van der Waals surface area contributed by atoms with Crippen LogP contribution in [0.25, 0.3) is 0 Å². The number of furan rings is 1. The number of likely N-dealkylation sites (N-methyl/N-ethyl adjacent to an activating group) is 2. The van der Waals surface area contributed by atoms with Gasteiger partial charge in [0.2, 0.25) is 0 Å². The molecule has 1 atom stereocenters. The van der Waals surface area contributed by atoms with Crippen molar-refractivity contribution in [2.24, 2.45) is 0 Å². The Morgan fingerprint density at radius 3 is 2.94 bits per heavy atom. The van der Waals surface area contributed by atoms with Crippen LogP contribution >= 0.6 is 0 Å². The van der Waals surface area contributed by atoms with Crippen molar-refractivity contribution in [1.29, 1.82) is 0 Å². The van der Waals surface area contributed by atoms with Crippen LogP contribution in [0.4, 0.5) is 0 Å². The first-order valence-electron chi connectivity index (χ1n) is 5.63. The van der Waals surface area contributed by atoms with Crippen LogP contribution in [0, 0.1) is 0 Å². The van der Waals surface area contributed by atoms with E-state index in [4.69, 9.17) is 4.42 Å². The van der Waals surface area contributed by atoms with Crippen LogP contribution in [0.3, 0.4) is 0 Å². The minimum Gasteiger partial charge on any atom is -0.472 e. The maximum absolute atomic E-state index is 12.2. The van der Waals surface area contributed by atoms with E-state index < -0.39 is 0 Å². The highest BCUT2D eigenvalue weighted by Crippen LogP contribution is 2.13. The Kier molecular flexibility index (Phi) is 3.41. The smallest absolute Gasteiger partial charge is 0.184 e. The lowest BCUT2D eigenvalue weighted by atomic mass is 10.1. The van der Waals surface area contributed by atoms with E-state index >= 15 is 0 Å². The Hall–Kier alpha value is -1.13. The van der Waals surface area contributed by atoms with Crippen LogP contribution in [0.5, 0.6) is 0 Å². The molecule has 1 saturated heterocycles. The van der Waals surface area contributed by atoms with Crippen LogP contribution in [-0.2, 0) is 0 Å². The number of rotatable bonds is 2. The molecule has 88 valence electrons. The predicted molar refractivity (Wildman–Crippen MR) is 61.6 cm³/mol. The highest BCUT2D eigenvalue weighted by atomic mass is 16.3. The molecule has 0 N–H and O–H groups in total. The number of ketones is 1. The summed E-state index contributed by atoms with van der Waals surface area (Å²) in [4.78, 5) is 16.6. The largest absolute Gasteiger partial charge is 0.472 e. The van der Waals surface area contributed by atoms with Crippen molar-refractivity contribution < 1.29 is 9.21 Å². The van der Waals surface area contributed by atoms with E-state index in [-0.39, 0.29) is 11.8 Å². The Labute approximate surface area is 95.8 Å². The van der Waals surface area contributed by atoms with Crippen molar-refractivity contribution in [3.8, 4) is 0 Å². The second-order valence-corrected chi connectivity index (χ2v) is 4.49. The summed E-state index contributed by atoms with van der Waals surface area (Å²) in [6.07, 6.45) is 4.19. The number of hydrogen-bond acceptors (Lipinski definition) is 4. The quantitative estimate of drug-likeness (QED) is 0.702. The third-order valence-corrected chi connectivity index (χ3v) is 3.18. The fourth-order valence-electron chi connectivity index (χ4n) is 2.15. The lowest BCUT2D eigenvalue weighted by Crippen LogP contribution is -2.43. The summed E-state index contributed by atoms with van der Waals surface area (Å²) in [5.74, 6) is 0.157. The van der Waals surface area contributed by atoms with Gasteiger partial charge in [-0.15, -0.1) is 0 Å². The Balaban J connectivity index is 2.14. The van der Waals surface area contributed by atoms with Gasteiger partial charge in [-0.05, 0) is 39.7 Å². The van der Waals surface area contributed by atoms with Gasteiger partial charge in [0.1, 0.15) is 6.26 Å². The monoisotopic (exact) mass is 222 g/mol. The molecule has 0 aliphatic carbocycles. The van der Waals surface area contributed by atoms with Gasteiger partial charge in [-0.3, -0.25) is 9.69 Å². The number of carbonyl (C=O) groups is 1. The maximum atomic E-state index is 12.2. The molecule has 0 saturated carbocycles. The van der Waals surface area contributed by atoms with Gasteiger partial charge in [-0.25, -0.2) is 0 Å². The fraction of sp³-hybridized carbons (Fsp3) is 0.583. The molecule has 4 nitrogen and oxygen atoms in total. The van der Waals surface area contributed by atoms with Crippen LogP contribution < -0.4 is 0 Å². The number of nitrogens with zero attached hydrogens (tertiary/aromatic N) is 2. The van der Waals surface area contributed by atoms with E-state index in [9.17, 15) is 4.79 Å². The molecule has 2 heterocycles. The second kappa shape index (κ2) is 4.80. The minimum atomic E-state index is -0.0508. The molecule has 0 bridgehead atoms. The van der Waals surface area contributed by atoms with E-state index in [1.807, 2.05) is 7.05 Å². The van der Waals surface area contributed by atoms with E-state index in [1.165, 1.54) is 6.26 Å². The van der Waals surface area contributed by atoms with Gasteiger partial charge in [0.15, 0.2) is 5.78 Å². The average molecular weight is 222 g/mol. The van der Waals surface area contributed by atoms with Crippen molar-refractivity contribution in [2.75, 3.05) is 33.7 Å². The summed E-state index contributed by atoms with van der Waals surface area (Å²) in [6.45, 7) is 2.82. The first-order valence-corrected chi connectivity index (χ1v) is 5.63. The molecule has 2 rings (SSSR count). The normalized spacial score (nSPS) is 24.2. The van der Waals surface area contributed by atoms with Gasteiger partial charge in [0.25, 0.3) is 0 Å². The standard InChI is InChI=1S/C12H18N2O2/c1-13-5-3-6-14(2)11(8-13)12(15)10-4-7-16-9-10/h4,7,9,11H,3,5-6,8H2,1-2H3. The summed E-state index contributed by atoms with van der Waals surface area (Å²) >= 11 is 0. The first kappa shape index (κ1) is 11.4. The van der Waals surface area contributed by atoms with E-state index in [0.717, 1.165) is 26.1 Å². The predicted octanol–water partition coefficient (Wildman–Crippen LogP) is 1.10. The van der Waals surface area contributed by atoms with Crippen LogP contribution in [0.2, 0.25) is 0 Å². The topological polar surface area (TPSA) is 36.7 Å². The van der Waals surface area contributed by atoms with Crippen LogP contribution in [0.15, 0.2) is 23.0 Å². The number of carbonyl (C=O) groups excluding carboxylic acids is 1. The molecule has 1 fully saturated rings. The van der Waals surface area contributed by atoms with Gasteiger partial charge < -0.3 is 9.32 Å². The summed E-state index contributed by atoms with van der Waals surface area (Å²) in [7, 11) is 4.08. The van der Waals surface area contributed by atoms with Crippen LogP contribution in [-0.4, -0.2) is 55.4 Å². The van der Waals surface area contributed by atoms with Crippen molar-refractivity contribution in [3.63, 3.8) is 0 Å². The highest BCUT2D eigenvalue weighted by Gasteiger charge is 2.28. The van der Waals surface area contributed by atoms with E-state index in [1.54, 1.807) is 12.3 Å². The molecule has 1 aromatic rings. The van der Waals surface area contributed by atoms with Crippen molar-refractivity contribution >= 4 is 5.78 Å². The Morgan fingerprint density at radius 2 is 2.25 bits per heavy atom. The number of Topliss-reactive ketones (excluding diaryl/α,β-unsaturated/α-hetero) is 1. The zero-order chi connectivity index (χ0) is 11.5. The number of hydrogen-bond donors (Lipinski definition) is 0. The Morgan fingerprint density at radius 1 is 1.44 bits per heavy atom. The molecule has 1 aliphatic heterocycles. The third kappa shape index (κ3) is 2.33. The summed E-state index contributed by atoms with van der Waals surface area (Å²) in [5, 5.41) is 0. The summed E-state index contributed by atoms with van der Waals surface area (Å²) in [6, 6.07) is 1.69. The summed E-state index contributed by atoms with van der Waals surface area (Å²) < 4.78 is 4.97. The molecular weight excluding hydrogens is 204 g/mol. The molecule has 4 heteroatoms. The van der Waals surface area contributed by atoms with Gasteiger partial charge in [0, 0.05) is 6.54 Å². The SMILES string of the molecule is CN1CCCN(C)C(C(=O)c2ccoc2)C1. The molecule has 0 amide bonds. The second-order valence-electron chi connectivity index (χ2n) is 4.49. The molecule has 16 heavy (non-hydrogen) atoms. The zero-order valence-electron chi connectivity index (χ0n) is 9.85. The van der Waals surface area contributed by atoms with E-state index in [2.05, 4.69) is 16.8 Å². The van der Waals surface area contributed by atoms with Crippen molar-refractivity contribution in [3.05, 3.63) is 24.2 Å². The van der Waals surface area contributed by atoms with Crippen molar-refractivity contribution in [2.45, 2.75) is 12.5 Å². The third-order valence-electron chi connectivity index (χ3n) is 3.18. The zero-order valence-corrected chi connectivity index (χ0v) is 9.85. The average Bonchev–Trinajstić information content (AvgIpc) is 2.72. The van der Waals surface area contributed by atoms with Gasteiger partial charge >= 0.3 is 0 Å². The van der Waals surface area contributed by atoms with Gasteiger partial charge in [0.05, 0.1) is 17.9 Å². The molecule has 1 unspecified atom stereocenters. The van der Waals surface area contributed by atoms with E-state index in [0.29, 0.717) is 5.56 Å². The molecule has 0 radical (unpaired) electrons. The van der Waals surface area contributed by atoms with Gasteiger partial charge in [-0.1, -0.05) is 0 Å². The highest BCUT2D eigenvalue weighted by molar-refractivity contribution is 6.00. The lowest BCUT2D eigenvalue weighted by molar-refractivity contribution is 0.0839.